The number of anilines is 1. The van der Waals surface area contributed by atoms with Gasteiger partial charge in [0, 0.05) is 0 Å². The van der Waals surface area contributed by atoms with E-state index in [0.29, 0.717) is 5.65 Å². The summed E-state index contributed by atoms with van der Waals surface area (Å²) in [5, 5.41) is 0. The first-order chi connectivity index (χ1) is 10.3. The molecule has 0 unspecified atom stereocenters. The molecule has 12 heteroatoms. The summed E-state index contributed by atoms with van der Waals surface area (Å²) in [6.07, 6.45) is -0.469. The minimum atomic E-state index is -4.21. The maximum absolute atomic E-state index is 11.7. The predicted octanol–water partition coefficient (Wildman–Crippen LogP) is -1.38. The molecule has 0 aliphatic carbocycles. The molecule has 5 N–H and O–H groups in total. The fourth-order valence-corrected chi connectivity index (χ4v) is 2.80. The maximum Gasteiger partial charge on any atom is 0.330 e. The van der Waals surface area contributed by atoms with E-state index < -0.39 is 31.7 Å². The molecule has 0 radical (unpaired) electrons. The van der Waals surface area contributed by atoms with Gasteiger partial charge in [0.15, 0.2) is 17.5 Å². The molecule has 0 amide bonds. The van der Waals surface area contributed by atoms with E-state index in [1.165, 1.54) is 6.33 Å². The number of aromatic amines is 1. The van der Waals surface area contributed by atoms with Crippen LogP contribution in [-0.2, 0) is 20.6 Å². The highest BCUT2D eigenvalue weighted by Crippen LogP contribution is 2.37. The van der Waals surface area contributed by atoms with Crippen LogP contribution in [0.4, 0.5) is 5.95 Å². The van der Waals surface area contributed by atoms with Crippen LogP contribution in [0.25, 0.3) is 11.2 Å². The third-order valence-electron chi connectivity index (χ3n) is 3.09. The second-order valence-corrected chi connectivity index (χ2v) is 6.58. The van der Waals surface area contributed by atoms with Gasteiger partial charge in [0.2, 0.25) is 5.95 Å². The zero-order valence-corrected chi connectivity index (χ0v) is 12.1. The first-order valence-corrected chi connectivity index (χ1v) is 8.14. The van der Waals surface area contributed by atoms with Crippen molar-refractivity contribution in [1.29, 1.82) is 0 Å². The fourth-order valence-electron chi connectivity index (χ4n) is 2.22. The topological polar surface area (TPSA) is 166 Å². The standard InChI is InChI=1S/C10H14N5O6P/c11-10-13-8-7(9(16)14-10)12-4-15(8)1-5-2-20-6(21-5)3-22(17,18)19/h4-6H,1-3H2,(H2,17,18,19)(H3,11,13,14,16)/t5-,6-/m0/s1. The van der Waals surface area contributed by atoms with E-state index in [0.717, 1.165) is 0 Å². The van der Waals surface area contributed by atoms with Gasteiger partial charge < -0.3 is 29.6 Å². The van der Waals surface area contributed by atoms with Gasteiger partial charge in [-0.2, -0.15) is 4.98 Å². The summed E-state index contributed by atoms with van der Waals surface area (Å²) < 4.78 is 23.1. The number of nitrogens with zero attached hydrogens (tertiary/aromatic N) is 3. The molecule has 0 bridgehead atoms. The Morgan fingerprint density at radius 3 is 3.05 bits per heavy atom. The Balaban J connectivity index is 1.75. The van der Waals surface area contributed by atoms with Crippen LogP contribution in [-0.4, -0.2) is 54.5 Å². The molecule has 0 aromatic carbocycles. The quantitative estimate of drug-likeness (QED) is 0.494. The predicted molar refractivity (Wildman–Crippen MR) is 74.1 cm³/mol. The number of H-pyrrole nitrogens is 1. The molecule has 1 aliphatic heterocycles. The molecule has 0 spiro atoms. The number of ether oxygens (including phenoxy) is 2. The van der Waals surface area contributed by atoms with Crippen molar-refractivity contribution in [2.24, 2.45) is 0 Å². The Hall–Kier alpha value is -1.78. The lowest BCUT2D eigenvalue weighted by molar-refractivity contribution is -0.0442. The lowest BCUT2D eigenvalue weighted by atomic mass is 10.4. The normalized spacial score (nSPS) is 22.5. The molecular weight excluding hydrogens is 317 g/mol. The smallest absolute Gasteiger partial charge is 0.330 e. The Kier molecular flexibility index (Phi) is 3.75. The number of hydrogen-bond acceptors (Lipinski definition) is 7. The van der Waals surface area contributed by atoms with E-state index in [4.69, 9.17) is 25.0 Å². The Labute approximate surface area is 123 Å². The molecule has 1 fully saturated rings. The number of rotatable bonds is 4. The van der Waals surface area contributed by atoms with Gasteiger partial charge in [-0.3, -0.25) is 14.3 Å². The molecule has 3 heterocycles. The van der Waals surface area contributed by atoms with Gasteiger partial charge in [0.1, 0.15) is 12.3 Å². The second-order valence-electron chi connectivity index (χ2n) is 4.89. The third kappa shape index (κ3) is 3.18. The maximum atomic E-state index is 11.7. The molecular formula is C10H14N5O6P. The number of imidazole rings is 1. The molecule has 1 saturated heterocycles. The van der Waals surface area contributed by atoms with Crippen LogP contribution < -0.4 is 11.3 Å². The largest absolute Gasteiger partial charge is 0.369 e. The fraction of sp³-hybridized carbons (Fsp3) is 0.500. The van der Waals surface area contributed by atoms with Crippen LogP contribution in [0.1, 0.15) is 0 Å². The summed E-state index contributed by atoms with van der Waals surface area (Å²) in [5.41, 5.74) is 5.52. The molecule has 1 aliphatic rings. The molecule has 0 saturated carbocycles. The van der Waals surface area contributed by atoms with Crippen molar-refractivity contribution in [2.45, 2.75) is 18.9 Å². The van der Waals surface area contributed by atoms with Crippen LogP contribution in [0.3, 0.4) is 0 Å². The number of nitrogens with one attached hydrogen (secondary N) is 1. The molecule has 2 atom stereocenters. The van der Waals surface area contributed by atoms with Crippen molar-refractivity contribution in [3.8, 4) is 0 Å². The third-order valence-corrected chi connectivity index (χ3v) is 3.87. The molecule has 3 rings (SSSR count). The number of fused-ring (bicyclic) bond motifs is 1. The molecule has 2 aromatic heterocycles. The van der Waals surface area contributed by atoms with E-state index in [1.54, 1.807) is 4.57 Å². The van der Waals surface area contributed by atoms with Crippen molar-refractivity contribution < 1.29 is 23.8 Å². The van der Waals surface area contributed by atoms with Crippen LogP contribution in [0.15, 0.2) is 11.1 Å². The first-order valence-electron chi connectivity index (χ1n) is 6.34. The monoisotopic (exact) mass is 331 g/mol. The summed E-state index contributed by atoms with van der Waals surface area (Å²) >= 11 is 0. The molecule has 120 valence electrons. The minimum absolute atomic E-state index is 0.0257. The number of hydrogen-bond donors (Lipinski definition) is 4. The summed E-state index contributed by atoms with van der Waals surface area (Å²) in [6, 6.07) is 0. The number of nitrogen functional groups attached to an aromatic ring is 1. The van der Waals surface area contributed by atoms with E-state index in [-0.39, 0.29) is 24.6 Å². The van der Waals surface area contributed by atoms with Crippen molar-refractivity contribution in [1.82, 2.24) is 19.5 Å². The van der Waals surface area contributed by atoms with Crippen LogP contribution >= 0.6 is 7.60 Å². The first kappa shape index (κ1) is 15.1. The summed E-state index contributed by atoms with van der Waals surface area (Å²) in [5.74, 6) is -0.0257. The van der Waals surface area contributed by atoms with Crippen LogP contribution in [0, 0.1) is 0 Å². The highest BCUT2D eigenvalue weighted by molar-refractivity contribution is 7.51. The summed E-state index contributed by atoms with van der Waals surface area (Å²) in [4.78, 5) is 39.8. The van der Waals surface area contributed by atoms with Gasteiger partial charge in [-0.25, -0.2) is 4.98 Å². The lowest BCUT2D eigenvalue weighted by Crippen LogP contribution is -2.21. The van der Waals surface area contributed by atoms with E-state index in [2.05, 4.69) is 15.0 Å². The van der Waals surface area contributed by atoms with Crippen molar-refractivity contribution in [3.05, 3.63) is 16.7 Å². The molecule has 22 heavy (non-hydrogen) atoms. The van der Waals surface area contributed by atoms with Crippen molar-refractivity contribution in [3.63, 3.8) is 0 Å². The van der Waals surface area contributed by atoms with E-state index in [1.807, 2.05) is 0 Å². The van der Waals surface area contributed by atoms with Crippen molar-refractivity contribution in [2.75, 3.05) is 18.5 Å². The van der Waals surface area contributed by atoms with E-state index in [9.17, 15) is 9.36 Å². The average Bonchev–Trinajstić information content (AvgIpc) is 2.96. The summed E-state index contributed by atoms with van der Waals surface area (Å²) in [7, 11) is -4.21. The van der Waals surface area contributed by atoms with Gasteiger partial charge in [0.05, 0.1) is 19.5 Å². The average molecular weight is 331 g/mol. The molecule has 2 aromatic rings. The van der Waals surface area contributed by atoms with Crippen molar-refractivity contribution >= 4 is 24.7 Å². The Bertz CT molecular complexity index is 797. The van der Waals surface area contributed by atoms with Gasteiger partial charge >= 0.3 is 7.60 Å². The second kappa shape index (κ2) is 5.45. The number of nitrogens with two attached hydrogens (primary N) is 1. The highest BCUT2D eigenvalue weighted by atomic mass is 31.2. The minimum Gasteiger partial charge on any atom is -0.369 e. The zero-order valence-electron chi connectivity index (χ0n) is 11.2. The van der Waals surface area contributed by atoms with Crippen LogP contribution in [0.5, 0.6) is 0 Å². The Morgan fingerprint density at radius 2 is 2.32 bits per heavy atom. The van der Waals surface area contributed by atoms with Gasteiger partial charge in [-0.15, -0.1) is 0 Å². The number of aromatic nitrogens is 4. The van der Waals surface area contributed by atoms with Crippen LogP contribution in [0.2, 0.25) is 0 Å². The van der Waals surface area contributed by atoms with E-state index >= 15 is 0 Å². The SMILES string of the molecule is Nc1nc2c(ncn2C[C@H]2CO[C@H](CP(=O)(O)O)O2)c(=O)[nH]1. The zero-order chi connectivity index (χ0) is 15.9. The van der Waals surface area contributed by atoms with Gasteiger partial charge in [-0.05, 0) is 0 Å². The highest BCUT2D eigenvalue weighted by Gasteiger charge is 2.32. The molecule has 11 nitrogen and oxygen atoms in total. The lowest BCUT2D eigenvalue weighted by Gasteiger charge is -2.12. The Morgan fingerprint density at radius 1 is 1.55 bits per heavy atom. The van der Waals surface area contributed by atoms with Gasteiger partial charge in [0.25, 0.3) is 5.56 Å². The summed E-state index contributed by atoms with van der Waals surface area (Å²) in [6.45, 7) is 0.438. The van der Waals surface area contributed by atoms with Gasteiger partial charge in [-0.1, -0.05) is 0 Å².